The lowest BCUT2D eigenvalue weighted by Crippen LogP contribution is -2.30. The molecule has 0 heterocycles. The molecule has 0 radical (unpaired) electrons. The minimum Gasteiger partial charge on any atom is -0.324 e. The van der Waals surface area contributed by atoms with E-state index in [2.05, 4.69) is 16.0 Å². The Morgan fingerprint density at radius 3 is 2.12 bits per heavy atom. The minimum atomic E-state index is -0.571. The van der Waals surface area contributed by atoms with Crippen molar-refractivity contribution in [1.82, 2.24) is 5.32 Å². The van der Waals surface area contributed by atoms with E-state index in [1.165, 1.54) is 11.8 Å². The van der Waals surface area contributed by atoms with Crippen molar-refractivity contribution < 1.29 is 14.4 Å². The maximum absolute atomic E-state index is 13.9. The van der Waals surface area contributed by atoms with Crippen molar-refractivity contribution in [1.29, 1.82) is 0 Å². The number of anilines is 2. The first-order valence-corrected chi connectivity index (χ1v) is 16.4. The molecule has 0 aliphatic heterocycles. The summed E-state index contributed by atoms with van der Waals surface area (Å²) in [6.07, 6.45) is 1.67. The van der Waals surface area contributed by atoms with Crippen molar-refractivity contribution in [3.63, 3.8) is 0 Å². The van der Waals surface area contributed by atoms with Crippen LogP contribution < -0.4 is 16.0 Å². The van der Waals surface area contributed by atoms with Gasteiger partial charge in [-0.1, -0.05) is 115 Å². The van der Waals surface area contributed by atoms with E-state index in [4.69, 9.17) is 0 Å². The molecule has 1 unspecified atom stereocenters. The third-order valence-corrected chi connectivity index (χ3v) is 9.00. The van der Waals surface area contributed by atoms with Crippen LogP contribution in [-0.2, 0) is 9.59 Å². The second-order valence-electron chi connectivity index (χ2n) is 11.1. The molecule has 0 aliphatic rings. The predicted molar refractivity (Wildman–Crippen MR) is 196 cm³/mol. The standard InChI is InChI=1S/C41H33N3O3S/c1-28-14-8-9-20-32(28)26-37(44-39(45)31-18-6-3-7-19-31)40(46)42-33-22-13-23-34(27-33)48-38(30-16-4-2-5-17-30)41(47)43-36-25-12-21-29-15-10-11-24-35(29)36/h2-27,38H,1H3,(H,42,46)(H,43,47)(H,44,45)/b37-26-. The number of rotatable bonds is 10. The summed E-state index contributed by atoms with van der Waals surface area (Å²) in [5.41, 5.74) is 4.43. The molecule has 0 saturated carbocycles. The van der Waals surface area contributed by atoms with E-state index < -0.39 is 17.1 Å². The van der Waals surface area contributed by atoms with Crippen LogP contribution in [0.2, 0.25) is 0 Å². The number of thioether (sulfide) groups is 1. The van der Waals surface area contributed by atoms with Gasteiger partial charge in [0.1, 0.15) is 10.9 Å². The SMILES string of the molecule is Cc1ccccc1/C=C(\NC(=O)c1ccccc1)C(=O)Nc1cccc(SC(C(=O)Nc2cccc3ccccc23)c2ccccc2)c1. The zero-order valence-electron chi connectivity index (χ0n) is 26.2. The molecular weight excluding hydrogens is 615 g/mol. The molecule has 3 N–H and O–H groups in total. The average Bonchev–Trinajstić information content (AvgIpc) is 3.12. The van der Waals surface area contributed by atoms with E-state index in [0.717, 1.165) is 38.0 Å². The van der Waals surface area contributed by atoms with Gasteiger partial charge in [0.25, 0.3) is 11.8 Å². The zero-order valence-corrected chi connectivity index (χ0v) is 27.0. The molecule has 236 valence electrons. The smallest absolute Gasteiger partial charge is 0.272 e. The number of aryl methyl sites for hydroxylation is 1. The highest BCUT2D eigenvalue weighted by Gasteiger charge is 2.23. The van der Waals surface area contributed by atoms with Crippen LogP contribution in [0.4, 0.5) is 11.4 Å². The number of carbonyl (C=O) groups excluding carboxylic acids is 3. The largest absolute Gasteiger partial charge is 0.324 e. The van der Waals surface area contributed by atoms with Crippen molar-refractivity contribution in [3.05, 3.63) is 180 Å². The van der Waals surface area contributed by atoms with Crippen LogP contribution in [0.3, 0.4) is 0 Å². The molecule has 0 saturated heterocycles. The number of nitrogens with one attached hydrogen (secondary N) is 3. The summed E-state index contributed by atoms with van der Waals surface area (Å²) >= 11 is 1.39. The third-order valence-electron chi connectivity index (χ3n) is 7.75. The van der Waals surface area contributed by atoms with Gasteiger partial charge in [-0.3, -0.25) is 14.4 Å². The lowest BCUT2D eigenvalue weighted by atomic mass is 10.1. The van der Waals surface area contributed by atoms with Crippen molar-refractivity contribution in [3.8, 4) is 0 Å². The summed E-state index contributed by atoms with van der Waals surface area (Å²) in [7, 11) is 0. The Morgan fingerprint density at radius 2 is 1.33 bits per heavy atom. The van der Waals surface area contributed by atoms with Gasteiger partial charge in [0.15, 0.2) is 0 Å². The van der Waals surface area contributed by atoms with Crippen molar-refractivity contribution in [2.24, 2.45) is 0 Å². The second-order valence-corrected chi connectivity index (χ2v) is 12.3. The molecule has 0 bridgehead atoms. The Labute approximate surface area is 283 Å². The van der Waals surface area contributed by atoms with Crippen LogP contribution in [0, 0.1) is 6.92 Å². The molecule has 1 atom stereocenters. The van der Waals surface area contributed by atoms with E-state index in [1.807, 2.05) is 128 Å². The summed E-state index contributed by atoms with van der Waals surface area (Å²) in [5.74, 6) is -1.03. The molecule has 0 aromatic heterocycles. The van der Waals surface area contributed by atoms with Crippen LogP contribution in [0.5, 0.6) is 0 Å². The minimum absolute atomic E-state index is 0.104. The van der Waals surface area contributed by atoms with Gasteiger partial charge in [-0.2, -0.15) is 0 Å². The normalized spacial score (nSPS) is 11.8. The summed E-state index contributed by atoms with van der Waals surface area (Å²) in [6.45, 7) is 1.95. The second kappa shape index (κ2) is 15.1. The fourth-order valence-corrected chi connectivity index (χ4v) is 6.35. The molecule has 6 nitrogen and oxygen atoms in total. The molecule has 6 aromatic carbocycles. The lowest BCUT2D eigenvalue weighted by molar-refractivity contribution is -0.116. The molecule has 7 heteroatoms. The number of hydrogen-bond donors (Lipinski definition) is 3. The maximum Gasteiger partial charge on any atom is 0.272 e. The van der Waals surface area contributed by atoms with Gasteiger partial charge >= 0.3 is 0 Å². The van der Waals surface area contributed by atoms with Crippen LogP contribution in [0.1, 0.15) is 32.3 Å². The highest BCUT2D eigenvalue weighted by molar-refractivity contribution is 8.00. The highest BCUT2D eigenvalue weighted by atomic mass is 32.2. The summed E-state index contributed by atoms with van der Waals surface area (Å²) < 4.78 is 0. The Bertz CT molecular complexity index is 2110. The third kappa shape index (κ3) is 7.89. The van der Waals surface area contributed by atoms with E-state index in [9.17, 15) is 14.4 Å². The van der Waals surface area contributed by atoms with Gasteiger partial charge in [0, 0.05) is 27.2 Å². The molecule has 6 aromatic rings. The summed E-state index contributed by atoms with van der Waals surface area (Å²) in [6, 6.07) is 47.1. The number of benzene rings is 6. The molecule has 0 spiro atoms. The maximum atomic E-state index is 13.9. The molecule has 0 fully saturated rings. The molecule has 3 amide bonds. The first-order valence-electron chi connectivity index (χ1n) is 15.5. The first-order chi connectivity index (χ1) is 23.4. The summed E-state index contributed by atoms with van der Waals surface area (Å²) in [4.78, 5) is 41.5. The van der Waals surface area contributed by atoms with Crippen molar-refractivity contribution in [2.75, 3.05) is 10.6 Å². The topological polar surface area (TPSA) is 87.3 Å². The number of carbonyl (C=O) groups is 3. The fourth-order valence-electron chi connectivity index (χ4n) is 5.26. The Hall–Kier alpha value is -5.92. The van der Waals surface area contributed by atoms with E-state index in [-0.39, 0.29) is 11.6 Å². The van der Waals surface area contributed by atoms with Crippen molar-refractivity contribution in [2.45, 2.75) is 17.1 Å². The monoisotopic (exact) mass is 647 g/mol. The van der Waals surface area contributed by atoms with Gasteiger partial charge in [-0.15, -0.1) is 11.8 Å². The number of hydrogen-bond acceptors (Lipinski definition) is 4. The Morgan fingerprint density at radius 1 is 0.667 bits per heavy atom. The van der Waals surface area contributed by atoms with Crippen molar-refractivity contribution >= 4 is 57.7 Å². The van der Waals surface area contributed by atoms with Gasteiger partial charge in [-0.05, 0) is 71.5 Å². The van der Waals surface area contributed by atoms with E-state index >= 15 is 0 Å². The average molecular weight is 648 g/mol. The Balaban J connectivity index is 1.25. The molecule has 0 aliphatic carbocycles. The van der Waals surface area contributed by atoms with Gasteiger partial charge in [0.2, 0.25) is 5.91 Å². The Kier molecular flexibility index (Phi) is 10.1. The quantitative estimate of drug-likeness (QED) is 0.102. The van der Waals surface area contributed by atoms with Gasteiger partial charge in [-0.25, -0.2) is 0 Å². The lowest BCUT2D eigenvalue weighted by Gasteiger charge is -2.18. The molecule has 6 rings (SSSR count). The van der Waals surface area contributed by atoms with E-state index in [0.29, 0.717) is 11.3 Å². The van der Waals surface area contributed by atoms with Gasteiger partial charge < -0.3 is 16.0 Å². The highest BCUT2D eigenvalue weighted by Crippen LogP contribution is 2.38. The number of fused-ring (bicyclic) bond motifs is 1. The molecular formula is C41H33N3O3S. The van der Waals surface area contributed by atoms with Crippen LogP contribution in [0.15, 0.2) is 162 Å². The van der Waals surface area contributed by atoms with E-state index in [1.54, 1.807) is 36.4 Å². The molecule has 48 heavy (non-hydrogen) atoms. The zero-order chi connectivity index (χ0) is 33.3. The van der Waals surface area contributed by atoms with Crippen LogP contribution in [-0.4, -0.2) is 17.7 Å². The first kappa shape index (κ1) is 32.0. The fraction of sp³-hybridized carbons (Fsp3) is 0.0488. The summed E-state index contributed by atoms with van der Waals surface area (Å²) in [5, 5.41) is 10.3. The predicted octanol–water partition coefficient (Wildman–Crippen LogP) is 9.03. The van der Waals surface area contributed by atoms with Gasteiger partial charge in [0.05, 0.1) is 0 Å². The van der Waals surface area contributed by atoms with Crippen LogP contribution in [0.25, 0.3) is 16.8 Å². The van der Waals surface area contributed by atoms with Crippen LogP contribution >= 0.6 is 11.8 Å². The number of amides is 3.